The van der Waals surface area contributed by atoms with Crippen LogP contribution in [0.4, 0.5) is 19.0 Å². The van der Waals surface area contributed by atoms with Gasteiger partial charge in [-0.15, -0.1) is 15.3 Å². The average molecular weight is 300 g/mol. The predicted molar refractivity (Wildman–Crippen MR) is 69.6 cm³/mol. The molecule has 3 N–H and O–H groups in total. The van der Waals surface area contributed by atoms with Gasteiger partial charge in [-0.1, -0.05) is 12.8 Å². The minimum atomic E-state index is -4.59. The molecule has 1 aliphatic rings. The highest BCUT2D eigenvalue weighted by Crippen LogP contribution is 2.28. The first-order chi connectivity index (χ1) is 9.95. The number of nitrogens with two attached hydrogens (primary N) is 1. The minimum absolute atomic E-state index is 0.0146. The predicted octanol–water partition coefficient (Wildman–Crippen LogP) is 1.82. The molecule has 0 saturated heterocycles. The number of alkyl halides is 3. The molecule has 9 heteroatoms. The average Bonchev–Trinajstić information content (AvgIpc) is 2.84. The minimum Gasteiger partial charge on any atom is -0.364 e. The van der Waals surface area contributed by atoms with Crippen molar-refractivity contribution < 1.29 is 13.2 Å². The first-order valence-electron chi connectivity index (χ1n) is 6.77. The molecule has 0 aromatic carbocycles. The number of aromatic nitrogens is 4. The highest BCUT2D eigenvalue weighted by atomic mass is 19.4. The van der Waals surface area contributed by atoms with E-state index in [0.717, 1.165) is 25.7 Å². The van der Waals surface area contributed by atoms with Crippen LogP contribution < -0.4 is 11.1 Å². The lowest BCUT2D eigenvalue weighted by Gasteiger charge is -2.29. The number of rotatable bonds is 2. The van der Waals surface area contributed by atoms with E-state index in [1.807, 2.05) is 0 Å². The molecule has 0 aliphatic heterocycles. The summed E-state index contributed by atoms with van der Waals surface area (Å²) in [5.74, 6) is -0.788. The molecule has 0 radical (unpaired) electrons. The van der Waals surface area contributed by atoms with Crippen molar-refractivity contribution >= 4 is 11.5 Å². The molecule has 1 fully saturated rings. The molecular weight excluding hydrogens is 285 g/mol. The maximum absolute atomic E-state index is 12.8. The number of hydrogen-bond donors (Lipinski definition) is 2. The van der Waals surface area contributed by atoms with E-state index in [1.54, 1.807) is 6.07 Å². The van der Waals surface area contributed by atoms with Gasteiger partial charge in [0.2, 0.25) is 0 Å². The maximum atomic E-state index is 12.8. The molecule has 2 heterocycles. The van der Waals surface area contributed by atoms with E-state index in [1.165, 1.54) is 6.07 Å². The second kappa shape index (κ2) is 5.14. The fourth-order valence-corrected chi connectivity index (χ4v) is 2.57. The molecule has 114 valence electrons. The van der Waals surface area contributed by atoms with E-state index < -0.39 is 12.0 Å². The van der Waals surface area contributed by atoms with Gasteiger partial charge in [-0.2, -0.15) is 17.7 Å². The summed E-state index contributed by atoms with van der Waals surface area (Å²) < 4.78 is 39.1. The number of nitrogens with one attached hydrogen (secondary N) is 1. The van der Waals surface area contributed by atoms with Gasteiger partial charge in [0.25, 0.3) is 5.82 Å². The molecule has 3 rings (SSSR count). The molecule has 0 bridgehead atoms. The third kappa shape index (κ3) is 2.78. The summed E-state index contributed by atoms with van der Waals surface area (Å²) in [6.07, 6.45) is -0.675. The van der Waals surface area contributed by atoms with Gasteiger partial charge in [0.05, 0.1) is 0 Å². The summed E-state index contributed by atoms with van der Waals surface area (Å²) >= 11 is 0. The lowest BCUT2D eigenvalue weighted by Crippen LogP contribution is -2.42. The van der Waals surface area contributed by atoms with Gasteiger partial charge in [0.1, 0.15) is 5.82 Å². The van der Waals surface area contributed by atoms with E-state index in [-0.39, 0.29) is 17.7 Å². The normalized spacial score (nSPS) is 23.4. The zero-order valence-electron chi connectivity index (χ0n) is 11.1. The summed E-state index contributed by atoms with van der Waals surface area (Å²) in [5.41, 5.74) is 6.07. The summed E-state index contributed by atoms with van der Waals surface area (Å²) in [6.45, 7) is 0. The highest BCUT2D eigenvalue weighted by Gasteiger charge is 2.37. The molecule has 2 atom stereocenters. The van der Waals surface area contributed by atoms with Crippen molar-refractivity contribution in [2.24, 2.45) is 5.73 Å². The van der Waals surface area contributed by atoms with Gasteiger partial charge >= 0.3 is 6.18 Å². The van der Waals surface area contributed by atoms with Crippen molar-refractivity contribution in [3.8, 4) is 0 Å². The monoisotopic (exact) mass is 300 g/mol. The van der Waals surface area contributed by atoms with Crippen molar-refractivity contribution in [2.75, 3.05) is 5.32 Å². The third-order valence-electron chi connectivity index (χ3n) is 3.67. The van der Waals surface area contributed by atoms with E-state index >= 15 is 0 Å². The van der Waals surface area contributed by atoms with Crippen LogP contribution in [0.2, 0.25) is 0 Å². The van der Waals surface area contributed by atoms with Gasteiger partial charge < -0.3 is 11.1 Å². The first kappa shape index (κ1) is 14.1. The van der Waals surface area contributed by atoms with Crippen LogP contribution in [0, 0.1) is 0 Å². The molecule has 1 saturated carbocycles. The maximum Gasteiger partial charge on any atom is 0.453 e. The van der Waals surface area contributed by atoms with Crippen LogP contribution in [0.15, 0.2) is 12.1 Å². The Morgan fingerprint density at radius 3 is 2.67 bits per heavy atom. The number of halogens is 3. The fraction of sp³-hybridized carbons (Fsp3) is 0.583. The Morgan fingerprint density at radius 1 is 1.19 bits per heavy atom. The topological polar surface area (TPSA) is 81.1 Å². The van der Waals surface area contributed by atoms with Crippen molar-refractivity contribution in [1.29, 1.82) is 0 Å². The Labute approximate surface area is 118 Å². The largest absolute Gasteiger partial charge is 0.453 e. The molecule has 2 aromatic heterocycles. The number of fused-ring (bicyclic) bond motifs is 1. The second-order valence-corrected chi connectivity index (χ2v) is 5.21. The summed E-state index contributed by atoms with van der Waals surface area (Å²) in [6, 6.07) is 3.05. The Hall–Kier alpha value is -1.90. The van der Waals surface area contributed by atoms with Crippen LogP contribution in [0.5, 0.6) is 0 Å². The van der Waals surface area contributed by atoms with Gasteiger partial charge in [0, 0.05) is 12.1 Å². The van der Waals surface area contributed by atoms with Crippen LogP contribution in [0.1, 0.15) is 31.5 Å². The van der Waals surface area contributed by atoms with Crippen LogP contribution in [0.25, 0.3) is 5.65 Å². The van der Waals surface area contributed by atoms with Gasteiger partial charge in [-0.25, -0.2) is 0 Å². The van der Waals surface area contributed by atoms with Gasteiger partial charge in [-0.3, -0.25) is 0 Å². The summed E-state index contributed by atoms with van der Waals surface area (Å²) in [7, 11) is 0. The van der Waals surface area contributed by atoms with Crippen LogP contribution in [0.3, 0.4) is 0 Å². The van der Waals surface area contributed by atoms with E-state index in [9.17, 15) is 13.2 Å². The van der Waals surface area contributed by atoms with Crippen molar-refractivity contribution in [3.63, 3.8) is 0 Å². The van der Waals surface area contributed by atoms with E-state index in [0.29, 0.717) is 10.3 Å². The lowest BCUT2D eigenvalue weighted by atomic mass is 9.91. The van der Waals surface area contributed by atoms with Crippen molar-refractivity contribution in [3.05, 3.63) is 18.0 Å². The van der Waals surface area contributed by atoms with E-state index in [4.69, 9.17) is 5.73 Å². The molecule has 1 aliphatic carbocycles. The fourth-order valence-electron chi connectivity index (χ4n) is 2.57. The van der Waals surface area contributed by atoms with Crippen LogP contribution in [-0.4, -0.2) is 31.9 Å². The smallest absolute Gasteiger partial charge is 0.364 e. The number of hydrogen-bond acceptors (Lipinski definition) is 5. The van der Waals surface area contributed by atoms with Crippen LogP contribution in [-0.2, 0) is 6.18 Å². The Morgan fingerprint density at radius 2 is 1.95 bits per heavy atom. The first-order valence-corrected chi connectivity index (χ1v) is 6.77. The molecule has 21 heavy (non-hydrogen) atoms. The lowest BCUT2D eigenvalue weighted by molar-refractivity contribution is -0.146. The Balaban J connectivity index is 1.89. The quantitative estimate of drug-likeness (QED) is 0.884. The van der Waals surface area contributed by atoms with Crippen molar-refractivity contribution in [1.82, 2.24) is 19.8 Å². The summed E-state index contributed by atoms with van der Waals surface area (Å²) in [4.78, 5) is 0. The highest BCUT2D eigenvalue weighted by molar-refractivity contribution is 5.44. The molecule has 2 aromatic rings. The van der Waals surface area contributed by atoms with Gasteiger partial charge in [-0.05, 0) is 25.0 Å². The van der Waals surface area contributed by atoms with Gasteiger partial charge in [0.15, 0.2) is 5.65 Å². The SMILES string of the molecule is NC1CCCCC1Nc1ccc2nnc(C(F)(F)F)n2n1. The number of anilines is 1. The molecule has 2 unspecified atom stereocenters. The Bertz CT molecular complexity index is 637. The molecule has 0 spiro atoms. The molecular formula is C12H15F3N6. The second-order valence-electron chi connectivity index (χ2n) is 5.21. The third-order valence-corrected chi connectivity index (χ3v) is 3.67. The Kier molecular flexibility index (Phi) is 3.44. The van der Waals surface area contributed by atoms with Crippen molar-refractivity contribution in [2.45, 2.75) is 43.9 Å². The van der Waals surface area contributed by atoms with Crippen LogP contribution >= 0.6 is 0 Å². The summed E-state index contributed by atoms with van der Waals surface area (Å²) in [5, 5.41) is 13.7. The zero-order valence-corrected chi connectivity index (χ0v) is 11.1. The van der Waals surface area contributed by atoms with E-state index in [2.05, 4.69) is 20.6 Å². The molecule has 6 nitrogen and oxygen atoms in total. The standard InChI is InChI=1S/C12H15F3N6/c13-12(14,15)11-19-18-10-6-5-9(20-21(10)11)17-8-4-2-1-3-7(8)16/h5-8H,1-4,16H2,(H,17,20). The molecule has 0 amide bonds. The number of nitrogens with zero attached hydrogens (tertiary/aromatic N) is 4. The zero-order chi connectivity index (χ0) is 15.0.